The van der Waals surface area contributed by atoms with Gasteiger partial charge in [-0.3, -0.25) is 9.69 Å². The molecule has 2 saturated heterocycles. The molecule has 0 unspecified atom stereocenters. The van der Waals surface area contributed by atoms with Crippen LogP contribution in [0.25, 0.3) is 0 Å². The van der Waals surface area contributed by atoms with Gasteiger partial charge in [-0.05, 0) is 50.2 Å². The minimum atomic E-state index is -3.62. The average Bonchev–Trinajstić information content (AvgIpc) is 2.84. The number of nitrogens with zero attached hydrogens (tertiary/aromatic N) is 3. The maximum atomic E-state index is 13.0. The highest BCUT2D eigenvalue weighted by Crippen LogP contribution is 2.22. The van der Waals surface area contributed by atoms with Gasteiger partial charge in [0.2, 0.25) is 10.0 Å². The molecule has 0 aliphatic carbocycles. The third kappa shape index (κ3) is 5.96. The predicted octanol–water partition coefficient (Wildman–Crippen LogP) is 2.32. The number of carbonyl (C=O) groups excluding carboxylic acids is 1. The molecule has 34 heavy (non-hydrogen) atoms. The number of piperazine rings is 1. The first-order chi connectivity index (χ1) is 16.3. The number of sulfonamides is 1. The summed E-state index contributed by atoms with van der Waals surface area (Å²) in [6, 6.07) is 16.0. The van der Waals surface area contributed by atoms with Crippen molar-refractivity contribution in [2.24, 2.45) is 0 Å². The molecule has 0 saturated carbocycles. The normalized spacial score (nSPS) is 22.5. The highest BCUT2D eigenvalue weighted by molar-refractivity contribution is 7.89. The number of hydrogen-bond acceptors (Lipinski definition) is 6. The van der Waals surface area contributed by atoms with Crippen LogP contribution in [0, 0.1) is 0 Å². The van der Waals surface area contributed by atoms with Crippen molar-refractivity contribution >= 4 is 15.9 Å². The number of para-hydroxylation sites is 1. The predicted molar refractivity (Wildman–Crippen MR) is 129 cm³/mol. The molecule has 2 aromatic carbocycles. The van der Waals surface area contributed by atoms with Crippen LogP contribution in [-0.4, -0.2) is 93.1 Å². The number of morpholine rings is 1. The van der Waals surface area contributed by atoms with Gasteiger partial charge in [0.15, 0.2) is 0 Å². The van der Waals surface area contributed by atoms with Crippen molar-refractivity contribution in [2.45, 2.75) is 31.0 Å². The molecule has 9 heteroatoms. The zero-order valence-corrected chi connectivity index (χ0v) is 20.6. The first-order valence-corrected chi connectivity index (χ1v) is 13.2. The molecular formula is C25H33N3O5S. The van der Waals surface area contributed by atoms with Gasteiger partial charge in [0, 0.05) is 51.4 Å². The molecule has 0 aromatic heterocycles. The van der Waals surface area contributed by atoms with E-state index < -0.39 is 10.0 Å². The maximum Gasteiger partial charge on any atom is 0.253 e. The van der Waals surface area contributed by atoms with Crippen molar-refractivity contribution in [3.8, 4) is 5.75 Å². The molecule has 1 amide bonds. The fourth-order valence-electron chi connectivity index (χ4n) is 4.41. The molecule has 4 rings (SSSR count). The first kappa shape index (κ1) is 24.7. The van der Waals surface area contributed by atoms with E-state index in [2.05, 4.69) is 4.90 Å². The van der Waals surface area contributed by atoms with Crippen LogP contribution >= 0.6 is 0 Å². The maximum absolute atomic E-state index is 13.0. The van der Waals surface area contributed by atoms with Gasteiger partial charge in [-0.25, -0.2) is 8.42 Å². The Morgan fingerprint density at radius 1 is 0.941 bits per heavy atom. The molecule has 184 valence electrons. The quantitative estimate of drug-likeness (QED) is 0.597. The number of rotatable bonds is 7. The monoisotopic (exact) mass is 487 g/mol. The zero-order chi connectivity index (χ0) is 24.1. The van der Waals surface area contributed by atoms with E-state index in [0.717, 1.165) is 25.4 Å². The number of benzene rings is 2. The second-order valence-corrected chi connectivity index (χ2v) is 10.8. The van der Waals surface area contributed by atoms with E-state index in [1.54, 1.807) is 12.1 Å². The molecule has 0 bridgehead atoms. The standard InChI is InChI=1S/C25H33N3O5S/c1-20-18-28(19-21(2)33-20)34(30,31)24-10-8-22(9-11-24)25(29)27-14-12-26(13-15-27)16-17-32-23-6-4-3-5-7-23/h3-11,20-21H,12-19H2,1-2H3/t20-,21+. The van der Waals surface area contributed by atoms with Gasteiger partial charge in [0.1, 0.15) is 12.4 Å². The molecule has 0 radical (unpaired) electrons. The second-order valence-electron chi connectivity index (χ2n) is 8.90. The lowest BCUT2D eigenvalue weighted by atomic mass is 10.2. The summed E-state index contributed by atoms with van der Waals surface area (Å²) < 4.78 is 38.9. The van der Waals surface area contributed by atoms with E-state index in [1.165, 1.54) is 16.4 Å². The summed E-state index contributed by atoms with van der Waals surface area (Å²) in [5.74, 6) is 0.789. The van der Waals surface area contributed by atoms with Gasteiger partial charge in [-0.15, -0.1) is 0 Å². The van der Waals surface area contributed by atoms with Gasteiger partial charge in [0.25, 0.3) is 5.91 Å². The Morgan fingerprint density at radius 2 is 1.56 bits per heavy atom. The minimum absolute atomic E-state index is 0.0715. The fourth-order valence-corrected chi connectivity index (χ4v) is 6.00. The lowest BCUT2D eigenvalue weighted by Crippen LogP contribution is -2.49. The Kier molecular flexibility index (Phi) is 7.88. The van der Waals surface area contributed by atoms with Crippen molar-refractivity contribution in [1.82, 2.24) is 14.1 Å². The van der Waals surface area contributed by atoms with E-state index >= 15 is 0 Å². The Morgan fingerprint density at radius 3 is 2.18 bits per heavy atom. The van der Waals surface area contributed by atoms with E-state index in [9.17, 15) is 13.2 Å². The van der Waals surface area contributed by atoms with Crippen LogP contribution in [0.1, 0.15) is 24.2 Å². The lowest BCUT2D eigenvalue weighted by Gasteiger charge is -2.35. The molecule has 0 spiro atoms. The number of amides is 1. The Balaban J connectivity index is 1.28. The number of carbonyl (C=O) groups is 1. The van der Waals surface area contributed by atoms with Crippen molar-refractivity contribution < 1.29 is 22.7 Å². The number of hydrogen-bond donors (Lipinski definition) is 0. The van der Waals surface area contributed by atoms with Gasteiger partial charge in [-0.2, -0.15) is 4.31 Å². The van der Waals surface area contributed by atoms with E-state index in [0.29, 0.717) is 38.3 Å². The molecule has 2 heterocycles. The summed E-state index contributed by atoms with van der Waals surface area (Å²) in [6.07, 6.45) is -0.300. The summed E-state index contributed by atoms with van der Waals surface area (Å²) in [7, 11) is -3.62. The topological polar surface area (TPSA) is 79.4 Å². The van der Waals surface area contributed by atoms with Gasteiger partial charge >= 0.3 is 0 Å². The summed E-state index contributed by atoms with van der Waals surface area (Å²) in [5, 5.41) is 0. The molecule has 8 nitrogen and oxygen atoms in total. The van der Waals surface area contributed by atoms with Crippen LogP contribution < -0.4 is 4.74 Å². The molecule has 2 aliphatic heterocycles. The SMILES string of the molecule is C[C@@H]1CN(S(=O)(=O)c2ccc(C(=O)N3CCN(CCOc4ccccc4)CC3)cc2)C[C@H](C)O1. The molecule has 2 aliphatic rings. The van der Waals surface area contributed by atoms with Gasteiger partial charge < -0.3 is 14.4 Å². The first-order valence-electron chi connectivity index (χ1n) is 11.8. The number of ether oxygens (including phenoxy) is 2. The second kappa shape index (κ2) is 10.9. The van der Waals surface area contributed by atoms with Crippen LogP contribution in [0.2, 0.25) is 0 Å². The molecule has 2 atom stereocenters. The fraction of sp³-hybridized carbons (Fsp3) is 0.480. The summed E-state index contributed by atoms with van der Waals surface area (Å²) in [5.41, 5.74) is 0.503. The summed E-state index contributed by atoms with van der Waals surface area (Å²) in [4.78, 5) is 17.3. The Bertz CT molecular complexity index is 1040. The highest BCUT2D eigenvalue weighted by Gasteiger charge is 2.32. The van der Waals surface area contributed by atoms with Crippen LogP contribution in [0.15, 0.2) is 59.5 Å². The molecular weight excluding hydrogens is 454 g/mol. The van der Waals surface area contributed by atoms with Gasteiger partial charge in [0.05, 0.1) is 17.1 Å². The summed E-state index contributed by atoms with van der Waals surface area (Å²) >= 11 is 0. The minimum Gasteiger partial charge on any atom is -0.492 e. The zero-order valence-electron chi connectivity index (χ0n) is 19.8. The van der Waals surface area contributed by atoms with E-state index in [-0.39, 0.29) is 23.0 Å². The molecule has 2 fully saturated rings. The van der Waals surface area contributed by atoms with Crippen molar-refractivity contribution in [3.05, 3.63) is 60.2 Å². The van der Waals surface area contributed by atoms with Gasteiger partial charge in [-0.1, -0.05) is 18.2 Å². The third-order valence-electron chi connectivity index (χ3n) is 6.20. The molecule has 0 N–H and O–H groups in total. The molecule has 2 aromatic rings. The Labute approximate surface area is 202 Å². The largest absolute Gasteiger partial charge is 0.492 e. The van der Waals surface area contributed by atoms with Crippen LogP contribution in [0.3, 0.4) is 0 Å². The average molecular weight is 488 g/mol. The van der Waals surface area contributed by atoms with Crippen LogP contribution in [0.5, 0.6) is 5.75 Å². The highest BCUT2D eigenvalue weighted by atomic mass is 32.2. The van der Waals surface area contributed by atoms with Crippen molar-refractivity contribution in [3.63, 3.8) is 0 Å². The third-order valence-corrected chi connectivity index (χ3v) is 8.05. The lowest BCUT2D eigenvalue weighted by molar-refractivity contribution is -0.0440. The van der Waals surface area contributed by atoms with E-state index in [4.69, 9.17) is 9.47 Å². The van der Waals surface area contributed by atoms with Crippen molar-refractivity contribution in [1.29, 1.82) is 0 Å². The van der Waals surface area contributed by atoms with E-state index in [1.807, 2.05) is 49.1 Å². The van der Waals surface area contributed by atoms with Crippen LogP contribution in [-0.2, 0) is 14.8 Å². The smallest absolute Gasteiger partial charge is 0.253 e. The summed E-state index contributed by atoms with van der Waals surface area (Å²) in [6.45, 7) is 8.64. The van der Waals surface area contributed by atoms with Crippen LogP contribution in [0.4, 0.5) is 0 Å². The van der Waals surface area contributed by atoms with Crippen molar-refractivity contribution in [2.75, 3.05) is 52.4 Å². The Hall–Kier alpha value is -2.46.